The van der Waals surface area contributed by atoms with Crippen LogP contribution in [0.3, 0.4) is 0 Å². The largest absolute Gasteiger partial charge is 0.486 e. The molecule has 0 bridgehead atoms. The van der Waals surface area contributed by atoms with Crippen LogP contribution >= 0.6 is 11.6 Å². The Kier molecular flexibility index (Phi) is 4.87. The fraction of sp³-hybridized carbons (Fsp3) is 0.571. The van der Waals surface area contributed by atoms with Gasteiger partial charge in [-0.2, -0.15) is 0 Å². The van der Waals surface area contributed by atoms with E-state index in [9.17, 15) is 0 Å². The minimum absolute atomic E-state index is 0.0211. The molecule has 1 N–H and O–H groups in total. The molecule has 1 unspecified atom stereocenters. The molecule has 3 nitrogen and oxygen atoms in total. The number of nitrogens with one attached hydrogen (secondary N) is 1. The van der Waals surface area contributed by atoms with Crippen LogP contribution in [0.4, 0.5) is 0 Å². The summed E-state index contributed by atoms with van der Waals surface area (Å²) in [6.45, 7) is 3.40. The summed E-state index contributed by atoms with van der Waals surface area (Å²) in [6, 6.07) is 6.37. The lowest BCUT2D eigenvalue weighted by atomic mass is 10.2. The first-order valence-electron chi connectivity index (χ1n) is 6.34. The molecule has 1 saturated carbocycles. The van der Waals surface area contributed by atoms with E-state index in [1.165, 1.54) is 12.8 Å². The topological polar surface area (TPSA) is 30.5 Å². The summed E-state index contributed by atoms with van der Waals surface area (Å²) in [5.74, 6) is 0.835. The van der Waals surface area contributed by atoms with Crippen LogP contribution in [0.15, 0.2) is 18.2 Å². The maximum absolute atomic E-state index is 5.99. The summed E-state index contributed by atoms with van der Waals surface area (Å²) in [4.78, 5) is 0. The van der Waals surface area contributed by atoms with E-state index in [4.69, 9.17) is 21.1 Å². The first kappa shape index (κ1) is 13.7. The minimum atomic E-state index is 0.0211. The van der Waals surface area contributed by atoms with Gasteiger partial charge in [0.2, 0.25) is 0 Å². The van der Waals surface area contributed by atoms with Gasteiger partial charge >= 0.3 is 0 Å². The zero-order valence-electron chi connectivity index (χ0n) is 10.9. The highest BCUT2D eigenvalue weighted by Gasteiger charge is 2.22. The highest BCUT2D eigenvalue weighted by molar-refractivity contribution is 6.30. The van der Waals surface area contributed by atoms with Gasteiger partial charge in [0.05, 0.1) is 6.61 Å². The summed E-state index contributed by atoms with van der Waals surface area (Å²) in [5.41, 5.74) is 1.09. The van der Waals surface area contributed by atoms with Crippen molar-refractivity contribution < 1.29 is 9.47 Å². The molecule has 1 atom stereocenters. The molecule has 18 heavy (non-hydrogen) atoms. The zero-order chi connectivity index (χ0) is 13.0. The number of methoxy groups -OCH3 is 1. The van der Waals surface area contributed by atoms with E-state index in [1.807, 2.05) is 25.1 Å². The van der Waals surface area contributed by atoms with Gasteiger partial charge in [-0.3, -0.25) is 0 Å². The van der Waals surface area contributed by atoms with E-state index in [2.05, 4.69) is 5.32 Å². The Morgan fingerprint density at radius 3 is 2.89 bits per heavy atom. The van der Waals surface area contributed by atoms with Crippen molar-refractivity contribution in [3.63, 3.8) is 0 Å². The van der Waals surface area contributed by atoms with E-state index in [0.717, 1.165) is 17.9 Å². The highest BCUT2D eigenvalue weighted by atomic mass is 35.5. The van der Waals surface area contributed by atoms with E-state index < -0.39 is 0 Å². The van der Waals surface area contributed by atoms with Gasteiger partial charge in [-0.15, -0.1) is 0 Å². The molecule has 1 aliphatic rings. The number of hydrogen-bond acceptors (Lipinski definition) is 3. The zero-order valence-corrected chi connectivity index (χ0v) is 11.7. The van der Waals surface area contributed by atoms with Crippen LogP contribution in [0.5, 0.6) is 5.75 Å². The quantitative estimate of drug-likeness (QED) is 0.826. The van der Waals surface area contributed by atoms with E-state index in [0.29, 0.717) is 17.7 Å². The lowest BCUT2D eigenvalue weighted by Gasteiger charge is -2.20. The van der Waals surface area contributed by atoms with Gasteiger partial charge in [0.1, 0.15) is 11.9 Å². The molecular formula is C14H20ClNO2. The maximum atomic E-state index is 5.99. The van der Waals surface area contributed by atoms with Crippen molar-refractivity contribution in [1.82, 2.24) is 5.32 Å². The lowest BCUT2D eigenvalue weighted by Crippen LogP contribution is -2.36. The number of halogens is 1. The Morgan fingerprint density at radius 2 is 2.22 bits per heavy atom. The Morgan fingerprint density at radius 1 is 1.44 bits per heavy atom. The van der Waals surface area contributed by atoms with Crippen molar-refractivity contribution >= 4 is 11.6 Å². The van der Waals surface area contributed by atoms with Gasteiger partial charge in [0, 0.05) is 24.7 Å². The monoisotopic (exact) mass is 269 g/mol. The SMILES string of the molecule is COCC(CNC1CC1)Oc1cc(Cl)ccc1C. The second kappa shape index (κ2) is 6.41. The standard InChI is InChI=1S/C14H20ClNO2/c1-10-3-4-11(15)7-14(10)18-13(9-17-2)8-16-12-5-6-12/h3-4,7,12-13,16H,5-6,8-9H2,1-2H3. The summed E-state index contributed by atoms with van der Waals surface area (Å²) >= 11 is 5.99. The summed E-state index contributed by atoms with van der Waals surface area (Å²) < 4.78 is 11.2. The molecule has 2 rings (SSSR count). The first-order chi connectivity index (χ1) is 8.69. The van der Waals surface area contributed by atoms with Crippen LogP contribution in [0.1, 0.15) is 18.4 Å². The molecular weight excluding hydrogens is 250 g/mol. The maximum Gasteiger partial charge on any atom is 0.134 e. The van der Waals surface area contributed by atoms with Gasteiger partial charge in [0.15, 0.2) is 0 Å². The molecule has 100 valence electrons. The van der Waals surface area contributed by atoms with Gasteiger partial charge in [-0.1, -0.05) is 17.7 Å². The Hall–Kier alpha value is -0.770. The number of aryl methyl sites for hydroxylation is 1. The smallest absolute Gasteiger partial charge is 0.134 e. The summed E-state index contributed by atoms with van der Waals surface area (Å²) in [7, 11) is 1.69. The molecule has 0 aliphatic heterocycles. The van der Waals surface area contributed by atoms with Gasteiger partial charge in [0.25, 0.3) is 0 Å². The van der Waals surface area contributed by atoms with Gasteiger partial charge in [-0.05, 0) is 37.5 Å². The number of hydrogen-bond donors (Lipinski definition) is 1. The fourth-order valence-corrected chi connectivity index (χ4v) is 1.95. The Balaban J connectivity index is 1.94. The number of benzene rings is 1. The van der Waals surface area contributed by atoms with Crippen LogP contribution in [0.2, 0.25) is 5.02 Å². The molecule has 0 radical (unpaired) electrons. The van der Waals surface area contributed by atoms with Crippen molar-refractivity contribution in [3.8, 4) is 5.75 Å². The molecule has 0 spiro atoms. The number of rotatable bonds is 7. The molecule has 1 aromatic carbocycles. The predicted molar refractivity (Wildman–Crippen MR) is 73.5 cm³/mol. The van der Waals surface area contributed by atoms with Crippen LogP contribution in [0, 0.1) is 6.92 Å². The van der Waals surface area contributed by atoms with Crippen LogP contribution < -0.4 is 10.1 Å². The van der Waals surface area contributed by atoms with Crippen LogP contribution in [0.25, 0.3) is 0 Å². The fourth-order valence-electron chi connectivity index (χ4n) is 1.79. The number of ether oxygens (including phenoxy) is 2. The van der Waals surface area contributed by atoms with E-state index in [-0.39, 0.29) is 6.10 Å². The molecule has 0 amide bonds. The van der Waals surface area contributed by atoms with Crippen LogP contribution in [-0.2, 0) is 4.74 Å². The summed E-state index contributed by atoms with van der Waals surface area (Å²) in [6.07, 6.45) is 2.57. The summed E-state index contributed by atoms with van der Waals surface area (Å²) in [5, 5.41) is 4.15. The van der Waals surface area contributed by atoms with E-state index >= 15 is 0 Å². The molecule has 1 fully saturated rings. The molecule has 4 heteroatoms. The third kappa shape index (κ3) is 4.16. The minimum Gasteiger partial charge on any atom is -0.486 e. The molecule has 0 heterocycles. The van der Waals surface area contributed by atoms with E-state index in [1.54, 1.807) is 7.11 Å². The lowest BCUT2D eigenvalue weighted by molar-refractivity contribution is 0.0799. The second-order valence-electron chi connectivity index (χ2n) is 4.79. The highest BCUT2D eigenvalue weighted by Crippen LogP contribution is 2.24. The average Bonchev–Trinajstić information content (AvgIpc) is 3.15. The average molecular weight is 270 g/mol. The van der Waals surface area contributed by atoms with Crippen molar-refractivity contribution in [3.05, 3.63) is 28.8 Å². The van der Waals surface area contributed by atoms with Crippen molar-refractivity contribution in [2.24, 2.45) is 0 Å². The van der Waals surface area contributed by atoms with Crippen molar-refractivity contribution in [1.29, 1.82) is 0 Å². The Labute approximate surface area is 113 Å². The van der Waals surface area contributed by atoms with Gasteiger partial charge < -0.3 is 14.8 Å². The first-order valence-corrected chi connectivity index (χ1v) is 6.72. The third-order valence-electron chi connectivity index (χ3n) is 3.01. The molecule has 0 aromatic heterocycles. The van der Waals surface area contributed by atoms with Crippen molar-refractivity contribution in [2.45, 2.75) is 31.9 Å². The predicted octanol–water partition coefficient (Wildman–Crippen LogP) is 2.79. The molecule has 1 aliphatic carbocycles. The van der Waals surface area contributed by atoms with Crippen LogP contribution in [-0.4, -0.2) is 32.4 Å². The Bertz CT molecular complexity index is 393. The third-order valence-corrected chi connectivity index (χ3v) is 3.24. The molecule has 0 saturated heterocycles. The molecule has 1 aromatic rings. The van der Waals surface area contributed by atoms with Gasteiger partial charge in [-0.25, -0.2) is 0 Å². The normalized spacial score (nSPS) is 16.6. The second-order valence-corrected chi connectivity index (χ2v) is 5.22. The van der Waals surface area contributed by atoms with Crippen molar-refractivity contribution in [2.75, 3.05) is 20.3 Å².